The molecular weight excluding hydrogens is 234 g/mol. The Kier molecular flexibility index (Phi) is 4.86. The van der Waals surface area contributed by atoms with Crippen LogP contribution in [0.25, 0.3) is 0 Å². The van der Waals surface area contributed by atoms with Gasteiger partial charge in [-0.25, -0.2) is 0 Å². The molecule has 0 aromatic heterocycles. The molecule has 0 aromatic carbocycles. The molecule has 0 radical (unpaired) electrons. The summed E-state index contributed by atoms with van der Waals surface area (Å²) >= 11 is 0. The molecule has 2 saturated carbocycles. The summed E-state index contributed by atoms with van der Waals surface area (Å²) in [5.74, 6) is 0.946. The van der Waals surface area contributed by atoms with E-state index in [0.29, 0.717) is 12.1 Å². The Hall–Kier alpha value is -0.590. The molecule has 0 bridgehead atoms. The molecule has 2 fully saturated rings. The number of rotatable bonds is 7. The molecule has 0 spiro atoms. The van der Waals surface area contributed by atoms with E-state index in [4.69, 9.17) is 0 Å². The molecule has 0 amide bonds. The predicted octanol–water partition coefficient (Wildman–Crippen LogP) is 2.92. The summed E-state index contributed by atoms with van der Waals surface area (Å²) < 4.78 is 0. The minimum atomic E-state index is -0.269. The van der Waals surface area contributed by atoms with Crippen LogP contribution in [-0.4, -0.2) is 35.6 Å². The largest absolute Gasteiger partial charge is 0.300 e. The van der Waals surface area contributed by atoms with E-state index in [0.717, 1.165) is 18.8 Å². The van der Waals surface area contributed by atoms with Gasteiger partial charge in [0.25, 0.3) is 0 Å². The molecule has 1 N–H and O–H groups in total. The van der Waals surface area contributed by atoms with Gasteiger partial charge in [0.05, 0.1) is 6.07 Å². The van der Waals surface area contributed by atoms with Crippen LogP contribution < -0.4 is 5.32 Å². The molecule has 0 aromatic rings. The van der Waals surface area contributed by atoms with Gasteiger partial charge in [0.2, 0.25) is 0 Å². The normalized spacial score (nSPS) is 31.1. The maximum Gasteiger partial charge on any atom is 0.108 e. The van der Waals surface area contributed by atoms with E-state index >= 15 is 0 Å². The Balaban J connectivity index is 1.95. The van der Waals surface area contributed by atoms with Gasteiger partial charge in [-0.1, -0.05) is 6.92 Å². The monoisotopic (exact) mass is 263 g/mol. The molecule has 19 heavy (non-hydrogen) atoms. The molecule has 2 aliphatic rings. The highest BCUT2D eigenvalue weighted by molar-refractivity contribution is 5.14. The number of nitrogens with one attached hydrogen (secondary N) is 1. The van der Waals surface area contributed by atoms with Crippen molar-refractivity contribution in [1.82, 2.24) is 10.2 Å². The van der Waals surface area contributed by atoms with E-state index < -0.39 is 0 Å². The van der Waals surface area contributed by atoms with Crippen LogP contribution >= 0.6 is 0 Å². The van der Waals surface area contributed by atoms with Crippen molar-refractivity contribution in [2.24, 2.45) is 5.92 Å². The van der Waals surface area contributed by atoms with Crippen molar-refractivity contribution in [3.63, 3.8) is 0 Å². The summed E-state index contributed by atoms with van der Waals surface area (Å²) in [5.41, 5.74) is -0.269. The lowest BCUT2D eigenvalue weighted by molar-refractivity contribution is 0.183. The maximum atomic E-state index is 9.56. The number of nitrogens with zero attached hydrogens (tertiary/aromatic N) is 2. The molecule has 2 rings (SSSR count). The SMILES string of the molecule is CCCN(CC1CC1)C1CCC(C#N)(NC(C)C)C1. The summed E-state index contributed by atoms with van der Waals surface area (Å²) in [6, 6.07) is 3.57. The smallest absolute Gasteiger partial charge is 0.108 e. The summed E-state index contributed by atoms with van der Waals surface area (Å²) in [4.78, 5) is 2.67. The van der Waals surface area contributed by atoms with E-state index in [1.165, 1.54) is 38.8 Å². The highest BCUT2D eigenvalue weighted by Crippen LogP contribution is 2.36. The lowest BCUT2D eigenvalue weighted by Gasteiger charge is -2.31. The fourth-order valence-electron chi connectivity index (χ4n) is 3.49. The second kappa shape index (κ2) is 6.24. The van der Waals surface area contributed by atoms with E-state index in [9.17, 15) is 5.26 Å². The van der Waals surface area contributed by atoms with Crippen LogP contribution in [0.15, 0.2) is 0 Å². The second-order valence-corrected chi connectivity index (χ2v) is 6.83. The minimum absolute atomic E-state index is 0.269. The fraction of sp³-hybridized carbons (Fsp3) is 0.938. The number of hydrogen-bond donors (Lipinski definition) is 1. The Morgan fingerprint density at radius 3 is 2.63 bits per heavy atom. The van der Waals surface area contributed by atoms with Crippen molar-refractivity contribution in [3.8, 4) is 6.07 Å². The van der Waals surface area contributed by atoms with Crippen LogP contribution in [0.3, 0.4) is 0 Å². The zero-order valence-electron chi connectivity index (χ0n) is 12.8. The first-order chi connectivity index (χ1) is 9.08. The third kappa shape index (κ3) is 3.94. The summed E-state index contributed by atoms with van der Waals surface area (Å²) in [6.45, 7) is 9.01. The standard InChI is InChI=1S/C16H29N3/c1-4-9-19(11-14-5-6-14)15-7-8-16(10-15,12-17)18-13(2)3/h13-15,18H,4-11H2,1-3H3. The van der Waals surface area contributed by atoms with Gasteiger partial charge in [0.15, 0.2) is 0 Å². The van der Waals surface area contributed by atoms with Crippen molar-refractivity contribution < 1.29 is 0 Å². The van der Waals surface area contributed by atoms with Gasteiger partial charge in [-0.2, -0.15) is 5.26 Å². The quantitative estimate of drug-likeness (QED) is 0.767. The van der Waals surface area contributed by atoms with Crippen molar-refractivity contribution in [2.45, 2.75) is 76.9 Å². The molecule has 0 heterocycles. The number of nitriles is 1. The van der Waals surface area contributed by atoms with E-state index in [1.54, 1.807) is 0 Å². The molecule has 3 heteroatoms. The van der Waals surface area contributed by atoms with Gasteiger partial charge >= 0.3 is 0 Å². The van der Waals surface area contributed by atoms with Gasteiger partial charge in [-0.05, 0) is 64.8 Å². The van der Waals surface area contributed by atoms with Gasteiger partial charge < -0.3 is 4.90 Å². The highest BCUT2D eigenvalue weighted by atomic mass is 15.2. The average Bonchev–Trinajstić information content (AvgIpc) is 3.08. The summed E-state index contributed by atoms with van der Waals surface area (Å²) in [7, 11) is 0. The van der Waals surface area contributed by atoms with Crippen LogP contribution in [0.5, 0.6) is 0 Å². The van der Waals surface area contributed by atoms with Gasteiger partial charge in [0, 0.05) is 18.6 Å². The van der Waals surface area contributed by atoms with Crippen molar-refractivity contribution >= 4 is 0 Å². The molecule has 2 aliphatic carbocycles. The van der Waals surface area contributed by atoms with Gasteiger partial charge in [0.1, 0.15) is 5.54 Å². The molecule has 2 atom stereocenters. The zero-order chi connectivity index (χ0) is 13.9. The highest BCUT2D eigenvalue weighted by Gasteiger charge is 2.42. The van der Waals surface area contributed by atoms with E-state index in [1.807, 2.05) is 0 Å². The average molecular weight is 263 g/mol. The summed E-state index contributed by atoms with van der Waals surface area (Å²) in [6.07, 6.45) is 7.26. The Morgan fingerprint density at radius 1 is 1.37 bits per heavy atom. The molecule has 0 saturated heterocycles. The van der Waals surface area contributed by atoms with E-state index in [-0.39, 0.29) is 5.54 Å². The minimum Gasteiger partial charge on any atom is -0.300 e. The van der Waals surface area contributed by atoms with Crippen molar-refractivity contribution in [1.29, 1.82) is 5.26 Å². The summed E-state index contributed by atoms with van der Waals surface area (Å²) in [5, 5.41) is 13.1. The van der Waals surface area contributed by atoms with Crippen LogP contribution in [-0.2, 0) is 0 Å². The van der Waals surface area contributed by atoms with Crippen LogP contribution in [0.4, 0.5) is 0 Å². The molecule has 3 nitrogen and oxygen atoms in total. The second-order valence-electron chi connectivity index (χ2n) is 6.83. The Morgan fingerprint density at radius 2 is 2.11 bits per heavy atom. The van der Waals surface area contributed by atoms with Crippen LogP contribution in [0, 0.1) is 17.2 Å². The van der Waals surface area contributed by atoms with E-state index in [2.05, 4.69) is 37.1 Å². The fourth-order valence-corrected chi connectivity index (χ4v) is 3.49. The molecule has 2 unspecified atom stereocenters. The molecular formula is C16H29N3. The topological polar surface area (TPSA) is 39.1 Å². The van der Waals surface area contributed by atoms with Crippen molar-refractivity contribution in [2.75, 3.05) is 13.1 Å². The lowest BCUT2D eigenvalue weighted by Crippen LogP contribution is -2.47. The zero-order valence-corrected chi connectivity index (χ0v) is 12.8. The lowest BCUT2D eigenvalue weighted by atomic mass is 9.98. The number of hydrogen-bond acceptors (Lipinski definition) is 3. The predicted molar refractivity (Wildman–Crippen MR) is 78.8 cm³/mol. The Labute approximate surface area is 118 Å². The molecule has 0 aliphatic heterocycles. The van der Waals surface area contributed by atoms with Crippen molar-refractivity contribution in [3.05, 3.63) is 0 Å². The Bertz CT molecular complexity index is 329. The first kappa shape index (κ1) is 14.8. The van der Waals surface area contributed by atoms with Gasteiger partial charge in [-0.3, -0.25) is 5.32 Å². The maximum absolute atomic E-state index is 9.56. The first-order valence-corrected chi connectivity index (χ1v) is 8.01. The van der Waals surface area contributed by atoms with Gasteiger partial charge in [-0.15, -0.1) is 0 Å². The first-order valence-electron chi connectivity index (χ1n) is 8.01. The third-order valence-corrected chi connectivity index (χ3v) is 4.48. The molecule has 108 valence electrons. The van der Waals surface area contributed by atoms with Crippen LogP contribution in [0.1, 0.15) is 59.3 Å². The third-order valence-electron chi connectivity index (χ3n) is 4.48. The van der Waals surface area contributed by atoms with Crippen LogP contribution in [0.2, 0.25) is 0 Å².